The Hall–Kier alpha value is -1.78. The summed E-state index contributed by atoms with van der Waals surface area (Å²) in [6.45, 7) is 3.06. The Morgan fingerprint density at radius 3 is 2.45 bits per heavy atom. The standard InChI is InChI=1S/C22H28N2O5S2/c1-17-6-4-5-14-24(17)31(27,28)20-11-9-19(10-12-20)30(25,26)23-16-22-21-8-3-2-7-18(21)13-15-29-22/h2-3,7-12,17,22-23H,4-6,13-16H2,1H3/t17-,22-/m0/s1. The molecule has 0 saturated carbocycles. The van der Waals surface area contributed by atoms with Crippen molar-refractivity contribution in [1.82, 2.24) is 9.03 Å². The zero-order chi connectivity index (χ0) is 22.1. The summed E-state index contributed by atoms with van der Waals surface area (Å²) in [6.07, 6.45) is 3.16. The SMILES string of the molecule is C[C@H]1CCCCN1S(=O)(=O)c1ccc(S(=O)(=O)NC[C@@H]2OCCc3ccccc32)cc1. The Bertz CT molecular complexity index is 1130. The van der Waals surface area contributed by atoms with Crippen LogP contribution in [-0.2, 0) is 31.2 Å². The van der Waals surface area contributed by atoms with Crippen LogP contribution in [0.25, 0.3) is 0 Å². The van der Waals surface area contributed by atoms with Crippen molar-refractivity contribution in [2.75, 3.05) is 19.7 Å². The Labute approximate surface area is 184 Å². The summed E-state index contributed by atoms with van der Waals surface area (Å²) in [6, 6.07) is 13.2. The van der Waals surface area contributed by atoms with Gasteiger partial charge in [0, 0.05) is 19.1 Å². The van der Waals surface area contributed by atoms with Crippen LogP contribution in [-0.4, -0.2) is 46.9 Å². The molecule has 1 N–H and O–H groups in total. The number of hydrogen-bond donors (Lipinski definition) is 1. The van der Waals surface area contributed by atoms with E-state index in [0.717, 1.165) is 31.2 Å². The van der Waals surface area contributed by atoms with Gasteiger partial charge in [-0.15, -0.1) is 0 Å². The monoisotopic (exact) mass is 464 g/mol. The molecule has 4 rings (SSSR count). The third-order valence-corrected chi connectivity index (χ3v) is 9.50. The molecule has 7 nitrogen and oxygen atoms in total. The van der Waals surface area contributed by atoms with Crippen molar-refractivity contribution in [3.63, 3.8) is 0 Å². The normalized spacial score (nSPS) is 22.7. The maximum absolute atomic E-state index is 13.0. The summed E-state index contributed by atoms with van der Waals surface area (Å²) in [5.41, 5.74) is 2.16. The highest BCUT2D eigenvalue weighted by Crippen LogP contribution is 2.28. The molecule has 2 aliphatic rings. The van der Waals surface area contributed by atoms with E-state index in [0.29, 0.717) is 13.2 Å². The smallest absolute Gasteiger partial charge is 0.243 e. The molecule has 2 heterocycles. The van der Waals surface area contributed by atoms with Crippen molar-refractivity contribution >= 4 is 20.0 Å². The third-order valence-electron chi connectivity index (χ3n) is 6.03. The van der Waals surface area contributed by atoms with Crippen LogP contribution in [0.3, 0.4) is 0 Å². The number of fused-ring (bicyclic) bond motifs is 1. The number of nitrogens with zero attached hydrogens (tertiary/aromatic N) is 1. The second-order valence-corrected chi connectivity index (χ2v) is 11.7. The molecular formula is C22H28N2O5S2. The number of hydrogen-bond acceptors (Lipinski definition) is 5. The molecule has 0 spiro atoms. The highest BCUT2D eigenvalue weighted by Gasteiger charge is 2.31. The van der Waals surface area contributed by atoms with Crippen LogP contribution in [0, 0.1) is 0 Å². The average molecular weight is 465 g/mol. The predicted octanol–water partition coefficient (Wildman–Crippen LogP) is 2.84. The first-order valence-electron chi connectivity index (χ1n) is 10.6. The Balaban J connectivity index is 1.47. The van der Waals surface area contributed by atoms with Crippen molar-refractivity contribution in [1.29, 1.82) is 0 Å². The molecule has 2 atom stereocenters. The first-order chi connectivity index (χ1) is 14.8. The van der Waals surface area contributed by atoms with Gasteiger partial charge in [0.25, 0.3) is 0 Å². The summed E-state index contributed by atoms with van der Waals surface area (Å²) in [4.78, 5) is 0.145. The quantitative estimate of drug-likeness (QED) is 0.710. The van der Waals surface area contributed by atoms with E-state index in [1.807, 2.05) is 31.2 Å². The van der Waals surface area contributed by atoms with Crippen LogP contribution in [0.2, 0.25) is 0 Å². The van der Waals surface area contributed by atoms with Crippen molar-refractivity contribution in [2.24, 2.45) is 0 Å². The van der Waals surface area contributed by atoms with Gasteiger partial charge in [-0.2, -0.15) is 4.31 Å². The lowest BCUT2D eigenvalue weighted by atomic mass is 9.98. The van der Waals surface area contributed by atoms with Crippen LogP contribution >= 0.6 is 0 Å². The van der Waals surface area contributed by atoms with Gasteiger partial charge in [0.2, 0.25) is 20.0 Å². The van der Waals surface area contributed by atoms with Crippen molar-refractivity contribution in [3.05, 3.63) is 59.7 Å². The molecule has 0 radical (unpaired) electrons. The van der Waals surface area contributed by atoms with E-state index >= 15 is 0 Å². The summed E-state index contributed by atoms with van der Waals surface area (Å²) >= 11 is 0. The molecule has 2 aliphatic heterocycles. The molecule has 2 aromatic rings. The highest BCUT2D eigenvalue weighted by atomic mass is 32.2. The summed E-state index contributed by atoms with van der Waals surface area (Å²) in [5, 5.41) is 0. The molecule has 0 bridgehead atoms. The lowest BCUT2D eigenvalue weighted by molar-refractivity contribution is 0.0460. The van der Waals surface area contributed by atoms with Gasteiger partial charge in [0.05, 0.1) is 22.5 Å². The van der Waals surface area contributed by atoms with E-state index in [9.17, 15) is 16.8 Å². The fraction of sp³-hybridized carbons (Fsp3) is 0.455. The number of benzene rings is 2. The van der Waals surface area contributed by atoms with E-state index in [1.54, 1.807) is 0 Å². The largest absolute Gasteiger partial charge is 0.372 e. The molecule has 1 fully saturated rings. The van der Waals surface area contributed by atoms with E-state index in [4.69, 9.17) is 4.74 Å². The third kappa shape index (κ3) is 4.70. The zero-order valence-electron chi connectivity index (χ0n) is 17.5. The molecule has 31 heavy (non-hydrogen) atoms. The topological polar surface area (TPSA) is 92.8 Å². The molecule has 168 valence electrons. The molecule has 0 unspecified atom stereocenters. The van der Waals surface area contributed by atoms with Crippen molar-refractivity contribution in [2.45, 2.75) is 54.5 Å². The highest BCUT2D eigenvalue weighted by molar-refractivity contribution is 7.89. The minimum Gasteiger partial charge on any atom is -0.372 e. The van der Waals surface area contributed by atoms with E-state index in [-0.39, 0.29) is 28.5 Å². The number of ether oxygens (including phenoxy) is 1. The van der Waals surface area contributed by atoms with Gasteiger partial charge in [-0.25, -0.2) is 21.6 Å². The maximum atomic E-state index is 13.0. The van der Waals surface area contributed by atoms with Gasteiger partial charge in [-0.1, -0.05) is 30.7 Å². The number of rotatable bonds is 6. The number of nitrogens with one attached hydrogen (secondary N) is 1. The summed E-state index contributed by atoms with van der Waals surface area (Å²) < 4.78 is 61.3. The fourth-order valence-electron chi connectivity index (χ4n) is 4.27. The molecule has 0 aliphatic carbocycles. The van der Waals surface area contributed by atoms with Crippen LogP contribution < -0.4 is 4.72 Å². The molecular weight excluding hydrogens is 436 g/mol. The predicted molar refractivity (Wildman–Crippen MR) is 118 cm³/mol. The first-order valence-corrected chi connectivity index (χ1v) is 13.5. The van der Waals surface area contributed by atoms with Gasteiger partial charge >= 0.3 is 0 Å². The van der Waals surface area contributed by atoms with Gasteiger partial charge in [0.1, 0.15) is 0 Å². The van der Waals surface area contributed by atoms with Gasteiger partial charge in [-0.05, 0) is 61.6 Å². The van der Waals surface area contributed by atoms with Gasteiger partial charge in [0.15, 0.2) is 0 Å². The fourth-order valence-corrected chi connectivity index (χ4v) is 7.00. The van der Waals surface area contributed by atoms with Gasteiger partial charge < -0.3 is 4.74 Å². The van der Waals surface area contributed by atoms with Gasteiger partial charge in [-0.3, -0.25) is 0 Å². The second kappa shape index (κ2) is 8.99. The molecule has 9 heteroatoms. The van der Waals surface area contributed by atoms with E-state index < -0.39 is 20.0 Å². The van der Waals surface area contributed by atoms with Crippen LogP contribution in [0.5, 0.6) is 0 Å². The Morgan fingerprint density at radius 1 is 1.00 bits per heavy atom. The lowest BCUT2D eigenvalue weighted by Crippen LogP contribution is -2.41. The Morgan fingerprint density at radius 2 is 1.71 bits per heavy atom. The summed E-state index contributed by atoms with van der Waals surface area (Å²) in [5.74, 6) is 0. The van der Waals surface area contributed by atoms with Crippen molar-refractivity contribution < 1.29 is 21.6 Å². The van der Waals surface area contributed by atoms with E-state index in [1.165, 1.54) is 34.1 Å². The van der Waals surface area contributed by atoms with E-state index in [2.05, 4.69) is 4.72 Å². The zero-order valence-corrected chi connectivity index (χ0v) is 19.2. The minimum absolute atomic E-state index is 0.0298. The van der Waals surface area contributed by atoms with Crippen LogP contribution in [0.4, 0.5) is 0 Å². The molecule has 0 amide bonds. The first kappa shape index (κ1) is 22.4. The maximum Gasteiger partial charge on any atom is 0.243 e. The minimum atomic E-state index is -3.80. The lowest BCUT2D eigenvalue weighted by Gasteiger charge is -2.32. The second-order valence-electron chi connectivity index (χ2n) is 8.09. The Kier molecular flexibility index (Phi) is 6.50. The molecule has 0 aromatic heterocycles. The summed E-state index contributed by atoms with van der Waals surface area (Å²) in [7, 11) is -7.44. The van der Waals surface area contributed by atoms with Crippen LogP contribution in [0.1, 0.15) is 43.4 Å². The number of sulfonamides is 2. The average Bonchev–Trinajstić information content (AvgIpc) is 2.78. The molecule has 2 aromatic carbocycles. The van der Waals surface area contributed by atoms with Crippen molar-refractivity contribution in [3.8, 4) is 0 Å². The molecule has 1 saturated heterocycles. The van der Waals surface area contributed by atoms with Crippen LogP contribution in [0.15, 0.2) is 58.3 Å². The number of piperidine rings is 1.